The lowest BCUT2D eigenvalue weighted by Gasteiger charge is -2.31. The fourth-order valence-corrected chi connectivity index (χ4v) is 4.43. The van der Waals surface area contributed by atoms with E-state index in [2.05, 4.69) is 14.5 Å². The topological polar surface area (TPSA) is 56.1 Å². The Labute approximate surface area is 182 Å². The molecule has 32 heavy (non-hydrogen) atoms. The predicted octanol–water partition coefficient (Wildman–Crippen LogP) is 4.89. The molecule has 5 rings (SSSR count). The third-order valence-corrected chi connectivity index (χ3v) is 6.00. The van der Waals surface area contributed by atoms with E-state index < -0.39 is 29.7 Å². The number of para-hydroxylation sites is 1. The van der Waals surface area contributed by atoms with E-state index in [0.717, 1.165) is 34.7 Å². The number of carbonyl (C=O) groups excluding carboxylic acids is 1. The minimum atomic E-state index is -4.82. The first-order valence-electron chi connectivity index (χ1n) is 9.56. The van der Waals surface area contributed by atoms with Crippen LogP contribution in [-0.2, 0) is 6.42 Å². The van der Waals surface area contributed by atoms with Gasteiger partial charge in [0, 0.05) is 29.4 Å². The monoisotopic (exact) mass is 465 g/mol. The molecule has 0 unspecified atom stereocenters. The van der Waals surface area contributed by atoms with Crippen molar-refractivity contribution in [2.24, 2.45) is 4.99 Å². The fourth-order valence-electron chi connectivity index (χ4n) is 3.60. The Morgan fingerprint density at radius 1 is 1.06 bits per heavy atom. The summed E-state index contributed by atoms with van der Waals surface area (Å²) in [6.45, 7) is 2.29. The van der Waals surface area contributed by atoms with Crippen LogP contribution in [0.4, 0.5) is 28.0 Å². The van der Waals surface area contributed by atoms with Gasteiger partial charge in [-0.2, -0.15) is 22.6 Å². The van der Waals surface area contributed by atoms with E-state index in [9.17, 15) is 22.4 Å². The number of hydrogen-bond donors (Lipinski definition) is 0. The zero-order valence-corrected chi connectivity index (χ0v) is 17.3. The Morgan fingerprint density at radius 2 is 1.78 bits per heavy atom. The number of alkyl halides is 4. The van der Waals surface area contributed by atoms with E-state index >= 15 is 0 Å². The number of benzene rings is 2. The average molecular weight is 465 g/mol. The number of ether oxygens (including phenoxy) is 2. The van der Waals surface area contributed by atoms with Crippen LogP contribution < -0.4 is 19.2 Å². The molecular weight excluding hydrogens is 450 g/mol. The number of carbonyl (C=O) groups is 1. The maximum atomic E-state index is 13.6. The third kappa shape index (κ3) is 3.32. The molecule has 0 saturated carbocycles. The van der Waals surface area contributed by atoms with E-state index in [-0.39, 0.29) is 0 Å². The van der Waals surface area contributed by atoms with Crippen LogP contribution in [0.3, 0.4) is 0 Å². The number of aryl methyl sites for hydroxylation is 1. The molecule has 3 aromatic rings. The molecule has 2 aliphatic heterocycles. The second-order valence-electron chi connectivity index (χ2n) is 7.29. The van der Waals surface area contributed by atoms with E-state index in [0.29, 0.717) is 17.0 Å². The van der Waals surface area contributed by atoms with Gasteiger partial charge >= 0.3 is 18.2 Å². The maximum absolute atomic E-state index is 13.6. The minimum absolute atomic E-state index is 0.297. The van der Waals surface area contributed by atoms with E-state index in [1.54, 1.807) is 18.0 Å². The highest BCUT2D eigenvalue weighted by Gasteiger charge is 2.65. The molecule has 0 bridgehead atoms. The van der Waals surface area contributed by atoms with Crippen molar-refractivity contribution in [3.05, 3.63) is 63.9 Å². The smallest absolute Gasteiger partial charge is 0.421 e. The van der Waals surface area contributed by atoms with Crippen molar-refractivity contribution in [2.45, 2.75) is 25.6 Å². The minimum Gasteiger partial charge on any atom is -0.421 e. The molecule has 0 spiro atoms. The fraction of sp³-hybridized carbons (Fsp3) is 0.238. The number of rotatable bonds is 1. The van der Waals surface area contributed by atoms with Crippen LogP contribution in [0.25, 0.3) is 5.69 Å². The molecule has 0 saturated heterocycles. The van der Waals surface area contributed by atoms with Crippen LogP contribution in [0.5, 0.6) is 11.5 Å². The quantitative estimate of drug-likeness (QED) is 0.481. The molecule has 0 radical (unpaired) electrons. The van der Waals surface area contributed by atoms with Crippen molar-refractivity contribution >= 4 is 23.1 Å². The summed E-state index contributed by atoms with van der Waals surface area (Å²) in [6, 6.07) is 10.7. The van der Waals surface area contributed by atoms with E-state index in [1.165, 1.54) is 22.0 Å². The molecular formula is C21H15F4N3O3S. The number of nitrogens with zero attached hydrogens (tertiary/aromatic N) is 3. The number of thiazole rings is 1. The van der Waals surface area contributed by atoms with Gasteiger partial charge in [-0.3, -0.25) is 9.47 Å². The summed E-state index contributed by atoms with van der Waals surface area (Å²) in [6.07, 6.45) is -7.22. The Hall–Kier alpha value is -3.34. The molecule has 0 fully saturated rings. The van der Waals surface area contributed by atoms with Gasteiger partial charge < -0.3 is 9.47 Å². The molecule has 11 heteroatoms. The Bertz CT molecular complexity index is 1300. The summed E-state index contributed by atoms with van der Waals surface area (Å²) in [5.41, 5.74) is 2.14. The molecule has 2 amide bonds. The van der Waals surface area contributed by atoms with Crippen LogP contribution in [-0.4, -0.2) is 29.4 Å². The van der Waals surface area contributed by atoms with Crippen LogP contribution in [0.2, 0.25) is 0 Å². The highest BCUT2D eigenvalue weighted by Crippen LogP contribution is 2.47. The number of urea groups is 1. The summed E-state index contributed by atoms with van der Waals surface area (Å²) >= 11 is 1.22. The van der Waals surface area contributed by atoms with Crippen LogP contribution >= 0.6 is 11.3 Å². The number of aromatic nitrogens is 1. The van der Waals surface area contributed by atoms with Crippen LogP contribution in [0, 0.1) is 6.92 Å². The second kappa shape index (κ2) is 7.09. The lowest BCUT2D eigenvalue weighted by molar-refractivity contribution is -0.391. The largest absolute Gasteiger partial charge is 0.507 e. The van der Waals surface area contributed by atoms with Crippen LogP contribution in [0.15, 0.2) is 53.7 Å². The summed E-state index contributed by atoms with van der Waals surface area (Å²) in [4.78, 5) is 19.8. The number of fused-ring (bicyclic) bond motifs is 2. The first-order chi connectivity index (χ1) is 15.1. The number of hydrogen-bond acceptors (Lipinski definition) is 4. The summed E-state index contributed by atoms with van der Waals surface area (Å²) < 4.78 is 63.8. The molecule has 2 aliphatic rings. The first kappa shape index (κ1) is 20.6. The normalized spacial score (nSPS) is 18.5. The van der Waals surface area contributed by atoms with Gasteiger partial charge in [-0.15, -0.1) is 11.3 Å². The lowest BCUT2D eigenvalue weighted by Crippen LogP contribution is -2.52. The highest BCUT2D eigenvalue weighted by atomic mass is 32.1. The third-order valence-electron chi connectivity index (χ3n) is 5.10. The Kier molecular flexibility index (Phi) is 4.55. The molecule has 2 aromatic carbocycles. The standard InChI is InChI=1S/C21H15F4N3O3S/c1-12-11-28(14-6-7-16-17(10-14)31-21(24,25)20(22,23)30-16)19(32-12)26-18(29)27-9-8-13-4-2-3-5-15(13)27/h2-7,10-11H,8-9H2,1H3. The zero-order valence-electron chi connectivity index (χ0n) is 16.5. The maximum Gasteiger partial charge on any atom is 0.507 e. The van der Waals surface area contributed by atoms with Crippen molar-refractivity contribution in [3.63, 3.8) is 0 Å². The zero-order chi connectivity index (χ0) is 22.7. The number of anilines is 1. The number of amides is 2. The molecule has 3 heterocycles. The summed E-state index contributed by atoms with van der Waals surface area (Å²) in [5.74, 6) is -1.05. The SMILES string of the molecule is Cc1cn(-c2ccc3c(c2)OC(F)(F)C(F)(F)O3)c(=NC(=O)N2CCc3ccccc32)s1. The summed E-state index contributed by atoms with van der Waals surface area (Å²) in [5, 5.41) is 0. The van der Waals surface area contributed by atoms with Gasteiger partial charge in [0.15, 0.2) is 16.3 Å². The summed E-state index contributed by atoms with van der Waals surface area (Å²) in [7, 11) is 0. The molecule has 0 N–H and O–H groups in total. The van der Waals surface area contributed by atoms with Gasteiger partial charge in [0.2, 0.25) is 0 Å². The highest BCUT2D eigenvalue weighted by molar-refractivity contribution is 7.09. The first-order valence-corrected chi connectivity index (χ1v) is 10.4. The van der Waals surface area contributed by atoms with Crippen LogP contribution in [0.1, 0.15) is 10.4 Å². The predicted molar refractivity (Wildman–Crippen MR) is 108 cm³/mol. The van der Waals surface area contributed by atoms with Gasteiger partial charge in [-0.05, 0) is 37.1 Å². The van der Waals surface area contributed by atoms with Crippen molar-refractivity contribution < 1.29 is 31.8 Å². The molecule has 6 nitrogen and oxygen atoms in total. The molecule has 0 aliphatic carbocycles. The Morgan fingerprint density at radius 3 is 2.56 bits per heavy atom. The molecule has 166 valence electrons. The average Bonchev–Trinajstić information content (AvgIpc) is 3.31. The van der Waals surface area contributed by atoms with Crippen molar-refractivity contribution in [1.29, 1.82) is 0 Å². The van der Waals surface area contributed by atoms with Crippen molar-refractivity contribution in [2.75, 3.05) is 11.4 Å². The van der Waals surface area contributed by atoms with Crippen molar-refractivity contribution in [1.82, 2.24) is 4.57 Å². The van der Waals surface area contributed by atoms with E-state index in [4.69, 9.17) is 0 Å². The molecule has 1 aromatic heterocycles. The lowest BCUT2D eigenvalue weighted by atomic mass is 10.2. The number of halogens is 4. The van der Waals surface area contributed by atoms with Gasteiger partial charge in [0.25, 0.3) is 0 Å². The van der Waals surface area contributed by atoms with Gasteiger partial charge in [-0.1, -0.05) is 18.2 Å². The molecule has 0 atom stereocenters. The van der Waals surface area contributed by atoms with Gasteiger partial charge in [0.1, 0.15) is 0 Å². The van der Waals surface area contributed by atoms with Gasteiger partial charge in [0.05, 0.1) is 5.69 Å². The van der Waals surface area contributed by atoms with Gasteiger partial charge in [-0.25, -0.2) is 4.79 Å². The van der Waals surface area contributed by atoms with Crippen molar-refractivity contribution in [3.8, 4) is 17.2 Å². The second-order valence-corrected chi connectivity index (χ2v) is 8.50. The van der Waals surface area contributed by atoms with E-state index in [1.807, 2.05) is 24.3 Å². The Balaban J connectivity index is 1.52.